The lowest BCUT2D eigenvalue weighted by atomic mass is 10.3. The summed E-state index contributed by atoms with van der Waals surface area (Å²) in [6.45, 7) is 0.464. The first-order valence-corrected chi connectivity index (χ1v) is 5.01. The number of hydrogen-bond acceptors (Lipinski definition) is 5. The Morgan fingerprint density at radius 1 is 1.41 bits per heavy atom. The minimum absolute atomic E-state index is 0.0356. The number of carbonyl (C=O) groups excluding carboxylic acids is 1. The van der Waals surface area contributed by atoms with Gasteiger partial charge < -0.3 is 15.3 Å². The quantitative estimate of drug-likeness (QED) is 0.734. The van der Waals surface area contributed by atoms with Gasteiger partial charge in [0.1, 0.15) is 0 Å². The fourth-order valence-corrected chi connectivity index (χ4v) is 1.12. The topological polar surface area (TPSA) is 95.4 Å². The summed E-state index contributed by atoms with van der Waals surface area (Å²) in [5, 5.41) is 11.2. The van der Waals surface area contributed by atoms with E-state index in [0.29, 0.717) is 18.9 Å². The molecule has 0 aliphatic rings. The monoisotopic (exact) mass is 238 g/mol. The third-order valence-corrected chi connectivity index (χ3v) is 2.18. The van der Waals surface area contributed by atoms with Crippen LogP contribution in [0.3, 0.4) is 0 Å². The summed E-state index contributed by atoms with van der Waals surface area (Å²) in [6.07, 6.45) is 2.80. The number of carboxylic acid groups (broad SMARTS) is 1. The molecule has 0 aliphatic carbocycles. The van der Waals surface area contributed by atoms with Crippen LogP contribution in [0.25, 0.3) is 0 Å². The van der Waals surface area contributed by atoms with Gasteiger partial charge >= 0.3 is 5.97 Å². The van der Waals surface area contributed by atoms with Gasteiger partial charge in [-0.1, -0.05) is 0 Å². The van der Waals surface area contributed by atoms with Crippen LogP contribution >= 0.6 is 0 Å². The van der Waals surface area contributed by atoms with Crippen molar-refractivity contribution in [2.45, 2.75) is 6.42 Å². The van der Waals surface area contributed by atoms with Crippen molar-refractivity contribution in [3.8, 4) is 0 Å². The van der Waals surface area contributed by atoms with E-state index in [4.69, 9.17) is 5.11 Å². The van der Waals surface area contributed by atoms with E-state index in [1.165, 1.54) is 12.4 Å². The Kier molecular flexibility index (Phi) is 4.38. The number of carbonyl (C=O) groups is 2. The zero-order valence-electron chi connectivity index (χ0n) is 9.67. The van der Waals surface area contributed by atoms with E-state index in [1.807, 2.05) is 0 Å². The number of nitrogens with one attached hydrogen (secondary N) is 1. The van der Waals surface area contributed by atoms with Crippen LogP contribution in [0.15, 0.2) is 12.4 Å². The van der Waals surface area contributed by atoms with Gasteiger partial charge in [-0.15, -0.1) is 0 Å². The second kappa shape index (κ2) is 5.78. The van der Waals surface area contributed by atoms with Gasteiger partial charge in [0.05, 0.1) is 5.56 Å². The number of carboxylic acids is 1. The highest BCUT2D eigenvalue weighted by molar-refractivity contribution is 5.86. The second-order valence-electron chi connectivity index (χ2n) is 3.42. The summed E-state index contributed by atoms with van der Waals surface area (Å²) in [4.78, 5) is 31.1. The van der Waals surface area contributed by atoms with Crippen LogP contribution in [-0.2, 0) is 4.79 Å². The lowest BCUT2D eigenvalue weighted by Crippen LogP contribution is -2.27. The molecule has 0 saturated carbocycles. The first kappa shape index (κ1) is 12.9. The largest absolute Gasteiger partial charge is 0.478 e. The number of amides is 1. The zero-order chi connectivity index (χ0) is 12.8. The summed E-state index contributed by atoms with van der Waals surface area (Å²) in [7, 11) is 3.30. The molecule has 7 heteroatoms. The van der Waals surface area contributed by atoms with Crippen molar-refractivity contribution in [3.05, 3.63) is 18.0 Å². The molecule has 92 valence electrons. The van der Waals surface area contributed by atoms with Crippen LogP contribution < -0.4 is 10.2 Å². The molecule has 0 spiro atoms. The van der Waals surface area contributed by atoms with Crippen molar-refractivity contribution in [2.75, 3.05) is 25.5 Å². The molecule has 0 saturated heterocycles. The molecule has 1 aromatic rings. The van der Waals surface area contributed by atoms with E-state index >= 15 is 0 Å². The standard InChI is InChI=1S/C10H14N4O3/c1-11-8(15)3-4-14(2)10-12-5-7(6-13-10)9(16)17/h5-6H,3-4H2,1-2H3,(H,11,15)(H,16,17). The number of aromatic nitrogens is 2. The minimum atomic E-state index is -1.07. The number of nitrogens with zero attached hydrogens (tertiary/aromatic N) is 3. The molecular formula is C10H14N4O3. The molecular weight excluding hydrogens is 224 g/mol. The van der Waals surface area contributed by atoms with Crippen molar-refractivity contribution < 1.29 is 14.7 Å². The van der Waals surface area contributed by atoms with E-state index in [-0.39, 0.29) is 11.5 Å². The summed E-state index contributed by atoms with van der Waals surface area (Å²) >= 11 is 0. The maximum atomic E-state index is 11.0. The number of aromatic carboxylic acids is 1. The Balaban J connectivity index is 2.60. The van der Waals surface area contributed by atoms with Crippen LogP contribution in [0, 0.1) is 0 Å². The van der Waals surface area contributed by atoms with Crippen molar-refractivity contribution in [3.63, 3.8) is 0 Å². The fraction of sp³-hybridized carbons (Fsp3) is 0.400. The van der Waals surface area contributed by atoms with E-state index in [2.05, 4.69) is 15.3 Å². The van der Waals surface area contributed by atoms with E-state index in [0.717, 1.165) is 0 Å². The van der Waals surface area contributed by atoms with Crippen LogP contribution in [-0.4, -0.2) is 47.6 Å². The van der Waals surface area contributed by atoms with E-state index in [9.17, 15) is 9.59 Å². The zero-order valence-corrected chi connectivity index (χ0v) is 9.67. The van der Waals surface area contributed by atoms with Crippen LogP contribution in [0.5, 0.6) is 0 Å². The highest BCUT2D eigenvalue weighted by atomic mass is 16.4. The number of rotatable bonds is 5. The molecule has 0 radical (unpaired) electrons. The SMILES string of the molecule is CNC(=O)CCN(C)c1ncc(C(=O)O)cn1. The molecule has 7 nitrogen and oxygen atoms in total. The van der Waals surface area contributed by atoms with E-state index in [1.54, 1.807) is 19.0 Å². The van der Waals surface area contributed by atoms with Crippen molar-refractivity contribution >= 4 is 17.8 Å². The smallest absolute Gasteiger partial charge is 0.338 e. The molecule has 2 N–H and O–H groups in total. The number of anilines is 1. The molecule has 0 atom stereocenters. The molecule has 0 fully saturated rings. The van der Waals surface area contributed by atoms with Crippen molar-refractivity contribution in [1.82, 2.24) is 15.3 Å². The summed E-state index contributed by atoms with van der Waals surface area (Å²) in [5.41, 5.74) is 0.0356. The first-order chi connectivity index (χ1) is 8.04. The molecule has 0 aliphatic heterocycles. The lowest BCUT2D eigenvalue weighted by molar-refractivity contribution is -0.120. The minimum Gasteiger partial charge on any atom is -0.478 e. The highest BCUT2D eigenvalue weighted by Gasteiger charge is 2.08. The van der Waals surface area contributed by atoms with Gasteiger partial charge in [-0.05, 0) is 0 Å². The Morgan fingerprint density at radius 2 is 2.00 bits per heavy atom. The molecule has 0 bridgehead atoms. The average molecular weight is 238 g/mol. The molecule has 0 aromatic carbocycles. The summed E-state index contributed by atoms with van der Waals surface area (Å²) < 4.78 is 0. The molecule has 1 aromatic heterocycles. The van der Waals surface area contributed by atoms with Gasteiger partial charge in [0.15, 0.2) is 0 Å². The van der Waals surface area contributed by atoms with Crippen LogP contribution in [0.2, 0.25) is 0 Å². The van der Waals surface area contributed by atoms with Gasteiger partial charge in [0.2, 0.25) is 11.9 Å². The fourth-order valence-electron chi connectivity index (χ4n) is 1.12. The maximum absolute atomic E-state index is 11.0. The lowest BCUT2D eigenvalue weighted by Gasteiger charge is -2.15. The Hall–Kier alpha value is -2.18. The molecule has 1 heterocycles. The van der Waals surface area contributed by atoms with E-state index < -0.39 is 5.97 Å². The van der Waals surface area contributed by atoms with Crippen molar-refractivity contribution in [1.29, 1.82) is 0 Å². The second-order valence-corrected chi connectivity index (χ2v) is 3.42. The third-order valence-electron chi connectivity index (χ3n) is 2.18. The normalized spacial score (nSPS) is 9.76. The van der Waals surface area contributed by atoms with Gasteiger partial charge in [-0.3, -0.25) is 4.79 Å². The Labute approximate surface area is 98.5 Å². The first-order valence-electron chi connectivity index (χ1n) is 5.01. The Morgan fingerprint density at radius 3 is 2.47 bits per heavy atom. The third kappa shape index (κ3) is 3.71. The number of hydrogen-bond donors (Lipinski definition) is 2. The maximum Gasteiger partial charge on any atom is 0.338 e. The van der Waals surface area contributed by atoms with Gasteiger partial charge in [-0.2, -0.15) is 0 Å². The molecule has 17 heavy (non-hydrogen) atoms. The van der Waals surface area contributed by atoms with Gasteiger partial charge in [-0.25, -0.2) is 14.8 Å². The highest BCUT2D eigenvalue weighted by Crippen LogP contribution is 2.05. The predicted octanol–water partition coefficient (Wildman–Crippen LogP) is -0.253. The molecule has 1 rings (SSSR count). The average Bonchev–Trinajstić information content (AvgIpc) is 2.35. The van der Waals surface area contributed by atoms with Gasteiger partial charge in [0.25, 0.3) is 0 Å². The van der Waals surface area contributed by atoms with Gasteiger partial charge in [0, 0.05) is 39.5 Å². The summed E-state index contributed by atoms with van der Waals surface area (Å²) in [5.74, 6) is -0.748. The van der Waals surface area contributed by atoms with Crippen LogP contribution in [0.4, 0.5) is 5.95 Å². The molecule has 1 amide bonds. The molecule has 0 unspecified atom stereocenters. The van der Waals surface area contributed by atoms with Crippen LogP contribution in [0.1, 0.15) is 16.8 Å². The summed E-state index contributed by atoms with van der Waals surface area (Å²) in [6, 6.07) is 0. The van der Waals surface area contributed by atoms with Crippen molar-refractivity contribution in [2.24, 2.45) is 0 Å². The Bertz CT molecular complexity index is 405. The predicted molar refractivity (Wildman–Crippen MR) is 60.9 cm³/mol.